The molecule has 0 heterocycles. The lowest BCUT2D eigenvalue weighted by molar-refractivity contribution is 0.483. The lowest BCUT2D eigenvalue weighted by Crippen LogP contribution is -1.93. The Balaban J connectivity index is 2.05. The van der Waals surface area contributed by atoms with Crippen molar-refractivity contribution < 1.29 is 0 Å². The third-order valence-corrected chi connectivity index (χ3v) is 2.77. The topological polar surface area (TPSA) is 0 Å². The third-order valence-electron chi connectivity index (χ3n) is 2.24. The lowest BCUT2D eigenvalue weighted by atomic mass is 10.0. The van der Waals surface area contributed by atoms with Crippen LogP contribution in [0.1, 0.15) is 33.1 Å². The van der Waals surface area contributed by atoms with E-state index in [1.165, 1.54) is 19.3 Å². The van der Waals surface area contributed by atoms with Gasteiger partial charge in [0.1, 0.15) is 0 Å². The molecule has 1 aliphatic rings. The highest BCUT2D eigenvalue weighted by Gasteiger charge is 2.35. The maximum absolute atomic E-state index is 5.85. The fourth-order valence-electron chi connectivity index (χ4n) is 1.14. The van der Waals surface area contributed by atoms with E-state index in [9.17, 15) is 0 Å². The molecular formula is C8H15Cl. The van der Waals surface area contributed by atoms with Gasteiger partial charge in [-0.25, -0.2) is 0 Å². The average Bonchev–Trinajstić information content (AvgIpc) is 2.47. The van der Waals surface area contributed by atoms with Crippen molar-refractivity contribution in [3.8, 4) is 0 Å². The molecule has 1 heteroatoms. The Bertz CT molecular complexity index is 88.6. The first-order valence-corrected chi connectivity index (χ1v) is 4.31. The van der Waals surface area contributed by atoms with Crippen molar-refractivity contribution in [3.63, 3.8) is 0 Å². The zero-order valence-electron chi connectivity index (χ0n) is 6.23. The van der Waals surface area contributed by atoms with Crippen LogP contribution in [0.5, 0.6) is 0 Å². The van der Waals surface area contributed by atoms with Gasteiger partial charge < -0.3 is 0 Å². The van der Waals surface area contributed by atoms with Crippen molar-refractivity contribution in [2.24, 2.45) is 11.8 Å². The van der Waals surface area contributed by atoms with Gasteiger partial charge in [-0.3, -0.25) is 0 Å². The van der Waals surface area contributed by atoms with Crippen LogP contribution in [0.2, 0.25) is 0 Å². The van der Waals surface area contributed by atoms with Crippen LogP contribution >= 0.6 is 11.6 Å². The minimum Gasteiger partial charge on any atom is -0.123 e. The molecule has 1 saturated carbocycles. The summed E-state index contributed by atoms with van der Waals surface area (Å²) in [5.74, 6) is 1.75. The molecule has 0 aromatic heterocycles. The molecule has 1 fully saturated rings. The molecule has 1 aliphatic carbocycles. The van der Waals surface area contributed by atoms with E-state index in [0.29, 0.717) is 5.38 Å². The third kappa shape index (κ3) is 2.17. The zero-order valence-corrected chi connectivity index (χ0v) is 6.99. The Morgan fingerprint density at radius 3 is 2.56 bits per heavy atom. The van der Waals surface area contributed by atoms with Crippen LogP contribution in [0.3, 0.4) is 0 Å². The van der Waals surface area contributed by atoms with Gasteiger partial charge in [-0.15, -0.1) is 11.6 Å². The Labute approximate surface area is 62.6 Å². The second kappa shape index (κ2) is 2.92. The first-order valence-electron chi connectivity index (χ1n) is 3.88. The molecule has 0 aromatic rings. The van der Waals surface area contributed by atoms with Crippen molar-refractivity contribution in [2.75, 3.05) is 0 Å². The largest absolute Gasteiger partial charge is 0.123 e. The smallest absolute Gasteiger partial charge is 0.0368 e. The Hall–Kier alpha value is 0.290. The minimum absolute atomic E-state index is 0.527. The van der Waals surface area contributed by atoms with Crippen LogP contribution in [-0.4, -0.2) is 5.38 Å². The molecule has 0 bridgehead atoms. The summed E-state index contributed by atoms with van der Waals surface area (Å²) >= 11 is 5.85. The van der Waals surface area contributed by atoms with E-state index in [1.807, 2.05) is 0 Å². The predicted molar refractivity (Wildman–Crippen MR) is 41.8 cm³/mol. The van der Waals surface area contributed by atoms with E-state index in [-0.39, 0.29) is 0 Å². The summed E-state index contributed by atoms with van der Waals surface area (Å²) in [6.07, 6.45) is 3.93. The SMILES string of the molecule is CCC(C)CC1CC1Cl. The number of alkyl halides is 1. The molecule has 1 rings (SSSR count). The molecule has 9 heavy (non-hydrogen) atoms. The number of rotatable bonds is 3. The van der Waals surface area contributed by atoms with Crippen molar-refractivity contribution in [1.29, 1.82) is 0 Å². The second-order valence-corrected chi connectivity index (χ2v) is 3.82. The van der Waals surface area contributed by atoms with Crippen LogP contribution in [0, 0.1) is 11.8 Å². The molecular weight excluding hydrogens is 132 g/mol. The number of hydrogen-bond donors (Lipinski definition) is 0. The molecule has 0 N–H and O–H groups in total. The van der Waals surface area contributed by atoms with E-state index in [1.54, 1.807) is 0 Å². The molecule has 0 amide bonds. The van der Waals surface area contributed by atoms with Crippen LogP contribution in [-0.2, 0) is 0 Å². The van der Waals surface area contributed by atoms with Gasteiger partial charge >= 0.3 is 0 Å². The summed E-state index contributed by atoms with van der Waals surface area (Å²) in [6, 6.07) is 0. The van der Waals surface area contributed by atoms with Crippen molar-refractivity contribution in [2.45, 2.75) is 38.5 Å². The lowest BCUT2D eigenvalue weighted by Gasteiger charge is -2.04. The molecule has 0 saturated heterocycles. The average molecular weight is 147 g/mol. The zero-order chi connectivity index (χ0) is 6.85. The molecule has 0 spiro atoms. The quantitative estimate of drug-likeness (QED) is 0.537. The summed E-state index contributed by atoms with van der Waals surface area (Å²) in [5, 5.41) is 0.527. The molecule has 0 nitrogen and oxygen atoms in total. The minimum atomic E-state index is 0.527. The standard InChI is InChI=1S/C8H15Cl/c1-3-6(2)4-7-5-8(7)9/h6-8H,3-5H2,1-2H3. The maximum Gasteiger partial charge on any atom is 0.0368 e. The molecule has 0 aromatic carbocycles. The molecule has 0 radical (unpaired) electrons. The summed E-state index contributed by atoms with van der Waals surface area (Å²) in [6.45, 7) is 4.55. The maximum atomic E-state index is 5.85. The molecule has 0 aliphatic heterocycles. The molecule has 3 atom stereocenters. The van der Waals surface area contributed by atoms with Gasteiger partial charge in [-0.05, 0) is 24.7 Å². The monoisotopic (exact) mass is 146 g/mol. The summed E-state index contributed by atoms with van der Waals surface area (Å²) < 4.78 is 0. The highest BCUT2D eigenvalue weighted by Crippen LogP contribution is 2.41. The van der Waals surface area contributed by atoms with Crippen LogP contribution in [0.15, 0.2) is 0 Å². The summed E-state index contributed by atoms with van der Waals surface area (Å²) in [4.78, 5) is 0. The van der Waals surface area contributed by atoms with E-state index in [4.69, 9.17) is 11.6 Å². The van der Waals surface area contributed by atoms with E-state index >= 15 is 0 Å². The Morgan fingerprint density at radius 2 is 2.22 bits per heavy atom. The summed E-state index contributed by atoms with van der Waals surface area (Å²) in [5.41, 5.74) is 0. The van der Waals surface area contributed by atoms with Gasteiger partial charge in [0.2, 0.25) is 0 Å². The fourth-order valence-corrected chi connectivity index (χ4v) is 1.47. The summed E-state index contributed by atoms with van der Waals surface area (Å²) in [7, 11) is 0. The van der Waals surface area contributed by atoms with Crippen molar-refractivity contribution in [3.05, 3.63) is 0 Å². The highest BCUT2D eigenvalue weighted by atomic mass is 35.5. The highest BCUT2D eigenvalue weighted by molar-refractivity contribution is 6.22. The van der Waals surface area contributed by atoms with Crippen LogP contribution in [0.4, 0.5) is 0 Å². The second-order valence-electron chi connectivity index (χ2n) is 3.26. The van der Waals surface area contributed by atoms with Gasteiger partial charge in [0.15, 0.2) is 0 Å². The molecule has 54 valence electrons. The van der Waals surface area contributed by atoms with Crippen LogP contribution in [0.25, 0.3) is 0 Å². The van der Waals surface area contributed by atoms with Crippen molar-refractivity contribution >= 4 is 11.6 Å². The van der Waals surface area contributed by atoms with Crippen LogP contribution < -0.4 is 0 Å². The van der Waals surface area contributed by atoms with E-state index in [0.717, 1.165) is 11.8 Å². The van der Waals surface area contributed by atoms with Gasteiger partial charge in [0.25, 0.3) is 0 Å². The first-order chi connectivity index (χ1) is 4.24. The number of hydrogen-bond acceptors (Lipinski definition) is 0. The van der Waals surface area contributed by atoms with Gasteiger partial charge in [0.05, 0.1) is 0 Å². The van der Waals surface area contributed by atoms with Gasteiger partial charge in [0, 0.05) is 5.38 Å². The van der Waals surface area contributed by atoms with Crippen molar-refractivity contribution in [1.82, 2.24) is 0 Å². The van der Waals surface area contributed by atoms with E-state index in [2.05, 4.69) is 13.8 Å². The number of halogens is 1. The van der Waals surface area contributed by atoms with E-state index < -0.39 is 0 Å². The normalized spacial score (nSPS) is 36.3. The Kier molecular flexibility index (Phi) is 2.40. The molecule has 3 unspecified atom stereocenters. The van der Waals surface area contributed by atoms with Gasteiger partial charge in [-0.1, -0.05) is 20.3 Å². The fraction of sp³-hybridized carbons (Fsp3) is 1.00. The predicted octanol–water partition coefficient (Wildman–Crippen LogP) is 3.05. The first kappa shape index (κ1) is 7.40. The van der Waals surface area contributed by atoms with Gasteiger partial charge in [-0.2, -0.15) is 0 Å². The Morgan fingerprint density at radius 1 is 1.67 bits per heavy atom.